The summed E-state index contributed by atoms with van der Waals surface area (Å²) in [5.41, 5.74) is 0. The van der Waals surface area contributed by atoms with E-state index in [4.69, 9.17) is 9.47 Å². The van der Waals surface area contributed by atoms with Gasteiger partial charge in [0.25, 0.3) is 0 Å². The molecule has 1 heterocycles. The third kappa shape index (κ3) is 5.93. The molecule has 0 bridgehead atoms. The monoisotopic (exact) mass is 240 g/mol. The Bertz CT molecular complexity index is 147. The Morgan fingerprint density at radius 1 is 1.62 bits per heavy atom. The van der Waals surface area contributed by atoms with Gasteiger partial charge in [0.15, 0.2) is 6.29 Å². The normalized spacial score (nSPS) is 25.5. The summed E-state index contributed by atoms with van der Waals surface area (Å²) in [6.45, 7) is 2.81. The van der Waals surface area contributed by atoms with Gasteiger partial charge in [-0.2, -0.15) is 0 Å². The molecule has 1 fully saturated rings. The number of rotatable bonds is 3. The summed E-state index contributed by atoms with van der Waals surface area (Å²) in [6.07, 6.45) is 5.28. The predicted octanol–water partition coefficient (Wildman–Crippen LogP) is -0.366. The Morgan fingerprint density at radius 2 is 2.38 bits per heavy atom. The molecule has 1 aliphatic rings. The maximum atomic E-state index is 5.56. The van der Waals surface area contributed by atoms with E-state index in [0.29, 0.717) is 0 Å². The maximum absolute atomic E-state index is 5.56. The van der Waals surface area contributed by atoms with E-state index < -0.39 is 0 Å². The van der Waals surface area contributed by atoms with Gasteiger partial charge >= 0.3 is 18.9 Å². The van der Waals surface area contributed by atoms with Gasteiger partial charge in [-0.25, -0.2) is 6.08 Å². The van der Waals surface area contributed by atoms with Crippen molar-refractivity contribution in [1.29, 1.82) is 0 Å². The Balaban J connectivity index is 0.00000144. The van der Waals surface area contributed by atoms with E-state index in [2.05, 4.69) is 20.9 Å². The van der Waals surface area contributed by atoms with Gasteiger partial charge in [0.2, 0.25) is 0 Å². The quantitative estimate of drug-likeness (QED) is 0.496. The number of hydrogen-bond acceptors (Lipinski definition) is 2. The van der Waals surface area contributed by atoms with Crippen molar-refractivity contribution < 1.29 is 28.3 Å². The van der Waals surface area contributed by atoms with Crippen LogP contribution < -0.4 is 18.9 Å². The fourth-order valence-corrected chi connectivity index (χ4v) is 1.56. The zero-order valence-corrected chi connectivity index (χ0v) is 9.84. The summed E-state index contributed by atoms with van der Waals surface area (Å²) in [7, 11) is 0. The summed E-state index contributed by atoms with van der Waals surface area (Å²) < 4.78 is 11.0. The van der Waals surface area contributed by atoms with Crippen LogP contribution in [0.4, 0.5) is 0 Å². The molecule has 0 amide bonds. The Kier molecular flexibility index (Phi) is 8.54. The molecule has 13 heavy (non-hydrogen) atoms. The van der Waals surface area contributed by atoms with Crippen LogP contribution in [0.3, 0.4) is 0 Å². The molecule has 1 aliphatic heterocycles. The zero-order chi connectivity index (χ0) is 8.81. The first kappa shape index (κ1) is 13.7. The largest absolute Gasteiger partial charge is 1.00 e. The summed E-state index contributed by atoms with van der Waals surface area (Å²) in [4.78, 5) is 2.76. The van der Waals surface area contributed by atoms with E-state index in [9.17, 15) is 0 Å². The minimum Gasteiger partial charge on any atom is -0.424 e. The Hall–Kier alpha value is 0.737. The fourth-order valence-electron chi connectivity index (χ4n) is 1.19. The van der Waals surface area contributed by atoms with Gasteiger partial charge in [-0.05, 0) is 26.2 Å². The fraction of sp³-hybridized carbons (Fsp3) is 0.778. The van der Waals surface area contributed by atoms with Crippen LogP contribution in [0.25, 0.3) is 0 Å². The molecular formula is C9H14BrLiO2. The second-order valence-corrected chi connectivity index (χ2v) is 3.37. The van der Waals surface area contributed by atoms with Crippen molar-refractivity contribution >= 4 is 15.9 Å². The summed E-state index contributed by atoms with van der Waals surface area (Å²) in [5, 5.41) is 0. The molecule has 2 nitrogen and oxygen atoms in total. The first-order valence-corrected chi connectivity index (χ1v) is 5.09. The number of halogens is 1. The van der Waals surface area contributed by atoms with Crippen LogP contribution in [-0.4, -0.2) is 19.0 Å². The minimum atomic E-state index is -0.00847. The predicted molar refractivity (Wildman–Crippen MR) is 50.9 cm³/mol. The van der Waals surface area contributed by atoms with Crippen molar-refractivity contribution in [2.75, 3.05) is 6.61 Å². The smallest absolute Gasteiger partial charge is 0.424 e. The molecule has 0 aliphatic carbocycles. The van der Waals surface area contributed by atoms with Crippen LogP contribution >= 0.6 is 15.9 Å². The van der Waals surface area contributed by atoms with Gasteiger partial charge in [0, 0.05) is 12.7 Å². The molecule has 1 saturated heterocycles. The van der Waals surface area contributed by atoms with E-state index in [-0.39, 0.29) is 31.3 Å². The van der Waals surface area contributed by atoms with E-state index in [0.717, 1.165) is 19.4 Å². The maximum Gasteiger partial charge on any atom is 1.00 e. The SMILES string of the molecule is C[C@H](C=[C-]Br)OC1CCCCO1.[Li+]. The Morgan fingerprint density at radius 3 is 2.92 bits per heavy atom. The molecule has 1 unspecified atom stereocenters. The second-order valence-electron chi connectivity index (χ2n) is 2.91. The van der Waals surface area contributed by atoms with Gasteiger partial charge in [0.1, 0.15) is 0 Å². The molecule has 0 aromatic carbocycles. The average Bonchev–Trinajstić information content (AvgIpc) is 2.06. The first-order chi connectivity index (χ1) is 5.83. The van der Waals surface area contributed by atoms with Gasteiger partial charge in [0.05, 0.1) is 0 Å². The summed E-state index contributed by atoms with van der Waals surface area (Å²) in [5.74, 6) is 0. The number of hydrogen-bond donors (Lipinski definition) is 0. The van der Waals surface area contributed by atoms with Crippen molar-refractivity contribution in [3.05, 3.63) is 11.1 Å². The van der Waals surface area contributed by atoms with Gasteiger partial charge in [-0.1, -0.05) is 0 Å². The molecule has 0 spiro atoms. The second kappa shape index (κ2) is 8.08. The van der Waals surface area contributed by atoms with E-state index in [1.54, 1.807) is 0 Å². The van der Waals surface area contributed by atoms with E-state index >= 15 is 0 Å². The third-order valence-electron chi connectivity index (χ3n) is 1.80. The van der Waals surface area contributed by atoms with Crippen LogP contribution in [0.1, 0.15) is 26.2 Å². The molecule has 0 N–H and O–H groups in total. The molecule has 1 rings (SSSR count). The molecule has 4 heteroatoms. The van der Waals surface area contributed by atoms with Crippen LogP contribution in [0, 0.1) is 4.99 Å². The van der Waals surface area contributed by atoms with Gasteiger partial charge in [-0.15, -0.1) is 0 Å². The van der Waals surface area contributed by atoms with Gasteiger partial charge in [-0.3, -0.25) is 0 Å². The Labute approximate surface area is 100 Å². The molecule has 0 aromatic rings. The average molecular weight is 241 g/mol. The standard InChI is InChI=1S/C9H14BrO2.Li/c1-8(5-6-10)12-9-4-2-3-7-11-9;/h5,8-9H,2-4,7H2,1H3;/q-1;+1/t8-,9?;/m1./s1. The third-order valence-corrected chi connectivity index (χ3v) is 2.07. The van der Waals surface area contributed by atoms with Crippen molar-refractivity contribution in [2.45, 2.75) is 38.6 Å². The van der Waals surface area contributed by atoms with Crippen LogP contribution in [-0.2, 0) is 9.47 Å². The molecule has 0 saturated carbocycles. The zero-order valence-electron chi connectivity index (χ0n) is 8.25. The molecule has 0 radical (unpaired) electrons. The van der Waals surface area contributed by atoms with Gasteiger partial charge < -0.3 is 30.4 Å². The topological polar surface area (TPSA) is 18.5 Å². The van der Waals surface area contributed by atoms with Crippen LogP contribution in [0.15, 0.2) is 6.08 Å². The summed E-state index contributed by atoms with van der Waals surface area (Å²) >= 11 is 3.09. The molecular weight excluding hydrogens is 227 g/mol. The van der Waals surface area contributed by atoms with Crippen molar-refractivity contribution in [1.82, 2.24) is 0 Å². The molecule has 0 aromatic heterocycles. The van der Waals surface area contributed by atoms with Crippen LogP contribution in [0.5, 0.6) is 0 Å². The first-order valence-electron chi connectivity index (χ1n) is 4.29. The van der Waals surface area contributed by atoms with Crippen molar-refractivity contribution in [3.8, 4) is 0 Å². The molecule has 70 valence electrons. The summed E-state index contributed by atoms with van der Waals surface area (Å²) in [6, 6.07) is 0. The van der Waals surface area contributed by atoms with Crippen molar-refractivity contribution in [3.63, 3.8) is 0 Å². The van der Waals surface area contributed by atoms with E-state index in [1.165, 1.54) is 6.42 Å². The minimum absolute atomic E-state index is 0. The molecule has 2 atom stereocenters. The van der Waals surface area contributed by atoms with E-state index in [1.807, 2.05) is 13.0 Å². The van der Waals surface area contributed by atoms with Crippen LogP contribution in [0.2, 0.25) is 0 Å². The van der Waals surface area contributed by atoms with Crippen molar-refractivity contribution in [2.24, 2.45) is 0 Å². The number of ether oxygens (including phenoxy) is 2.